The van der Waals surface area contributed by atoms with Crippen LogP contribution in [0.1, 0.15) is 16.7 Å². The van der Waals surface area contributed by atoms with Crippen LogP contribution in [0.5, 0.6) is 5.75 Å². The van der Waals surface area contributed by atoms with Gasteiger partial charge in [-0.3, -0.25) is 0 Å². The van der Waals surface area contributed by atoms with Gasteiger partial charge in [-0.1, -0.05) is 6.07 Å². The Kier molecular flexibility index (Phi) is 3.72. The summed E-state index contributed by atoms with van der Waals surface area (Å²) in [4.78, 5) is 10.3. The van der Waals surface area contributed by atoms with Gasteiger partial charge in [0.05, 0.1) is 19.3 Å². The lowest BCUT2D eigenvalue weighted by molar-refractivity contribution is -0.106. The van der Waals surface area contributed by atoms with Crippen molar-refractivity contribution in [3.8, 4) is 5.75 Å². The lowest BCUT2D eigenvalue weighted by Crippen LogP contribution is -2.07. The summed E-state index contributed by atoms with van der Waals surface area (Å²) in [6, 6.07) is 2.09. The molecule has 0 aliphatic heterocycles. The van der Waals surface area contributed by atoms with E-state index >= 15 is 0 Å². The quantitative estimate of drug-likeness (QED) is 0.769. The standard InChI is InChI=1S/C12H17NO2/c1-8-7-9(2)11(13-5-6-14)12(15-4)10(8)3/h6-7,13H,5H2,1-4H3. The fourth-order valence-corrected chi connectivity index (χ4v) is 1.67. The molecule has 3 heteroatoms. The molecule has 0 radical (unpaired) electrons. The highest BCUT2D eigenvalue weighted by atomic mass is 16.5. The molecule has 0 atom stereocenters. The molecular weight excluding hydrogens is 190 g/mol. The average Bonchev–Trinajstić information content (AvgIpc) is 2.21. The maximum Gasteiger partial charge on any atom is 0.145 e. The molecule has 0 fully saturated rings. The van der Waals surface area contributed by atoms with Crippen LogP contribution in [0.2, 0.25) is 0 Å². The number of nitrogens with one attached hydrogen (secondary N) is 1. The third-order valence-corrected chi connectivity index (χ3v) is 2.55. The molecule has 0 spiro atoms. The number of hydrogen-bond donors (Lipinski definition) is 1. The molecule has 1 aromatic rings. The van der Waals surface area contributed by atoms with Crippen molar-refractivity contribution in [2.45, 2.75) is 20.8 Å². The molecule has 3 nitrogen and oxygen atoms in total. The number of anilines is 1. The fourth-order valence-electron chi connectivity index (χ4n) is 1.67. The summed E-state index contributed by atoms with van der Waals surface area (Å²) in [5.74, 6) is 0.828. The summed E-state index contributed by atoms with van der Waals surface area (Å²) >= 11 is 0. The number of hydrogen-bond acceptors (Lipinski definition) is 3. The average molecular weight is 207 g/mol. The van der Waals surface area contributed by atoms with Gasteiger partial charge in [-0.25, -0.2) is 0 Å². The minimum Gasteiger partial charge on any atom is -0.494 e. The van der Waals surface area contributed by atoms with E-state index in [1.165, 1.54) is 5.56 Å². The van der Waals surface area contributed by atoms with Crippen LogP contribution in [0.4, 0.5) is 5.69 Å². The monoisotopic (exact) mass is 207 g/mol. The van der Waals surface area contributed by atoms with Crippen LogP contribution < -0.4 is 10.1 Å². The number of methoxy groups -OCH3 is 1. The number of aldehydes is 1. The van der Waals surface area contributed by atoms with E-state index in [-0.39, 0.29) is 0 Å². The van der Waals surface area contributed by atoms with E-state index in [4.69, 9.17) is 4.74 Å². The maximum atomic E-state index is 10.3. The number of carbonyl (C=O) groups excluding carboxylic acids is 1. The second-order valence-corrected chi connectivity index (χ2v) is 3.59. The molecular formula is C12H17NO2. The number of benzene rings is 1. The predicted molar refractivity (Wildman–Crippen MR) is 61.8 cm³/mol. The molecule has 0 aromatic heterocycles. The Morgan fingerprint density at radius 1 is 1.33 bits per heavy atom. The molecule has 0 unspecified atom stereocenters. The summed E-state index contributed by atoms with van der Waals surface area (Å²) in [5, 5.41) is 3.06. The number of rotatable bonds is 4. The lowest BCUT2D eigenvalue weighted by atomic mass is 10.0. The largest absolute Gasteiger partial charge is 0.494 e. The normalized spacial score (nSPS) is 9.87. The molecule has 0 amide bonds. The van der Waals surface area contributed by atoms with Gasteiger partial charge in [0.1, 0.15) is 12.0 Å². The summed E-state index contributed by atoms with van der Waals surface area (Å²) in [7, 11) is 1.65. The Morgan fingerprint density at radius 2 is 2.00 bits per heavy atom. The fraction of sp³-hybridized carbons (Fsp3) is 0.417. The topological polar surface area (TPSA) is 38.3 Å². The van der Waals surface area contributed by atoms with Gasteiger partial charge in [-0.05, 0) is 37.5 Å². The van der Waals surface area contributed by atoms with Crippen LogP contribution in [-0.4, -0.2) is 19.9 Å². The van der Waals surface area contributed by atoms with Gasteiger partial charge in [0, 0.05) is 0 Å². The van der Waals surface area contributed by atoms with Crippen LogP contribution in [0.3, 0.4) is 0 Å². The van der Waals surface area contributed by atoms with Gasteiger partial charge in [0.2, 0.25) is 0 Å². The second kappa shape index (κ2) is 4.82. The Labute approximate surface area is 90.4 Å². The zero-order chi connectivity index (χ0) is 11.4. The molecule has 0 heterocycles. The Hall–Kier alpha value is -1.51. The zero-order valence-electron chi connectivity index (χ0n) is 9.68. The van der Waals surface area contributed by atoms with E-state index in [1.807, 2.05) is 20.8 Å². The van der Waals surface area contributed by atoms with Crippen molar-refractivity contribution in [1.29, 1.82) is 0 Å². The van der Waals surface area contributed by atoms with Gasteiger partial charge in [-0.2, -0.15) is 0 Å². The predicted octanol–water partition coefficient (Wildman–Crippen LogP) is 2.23. The zero-order valence-corrected chi connectivity index (χ0v) is 9.68. The summed E-state index contributed by atoms with van der Waals surface area (Å²) in [6.07, 6.45) is 0.841. The van der Waals surface area contributed by atoms with Crippen molar-refractivity contribution in [2.75, 3.05) is 19.0 Å². The van der Waals surface area contributed by atoms with E-state index in [2.05, 4.69) is 11.4 Å². The first kappa shape index (κ1) is 11.6. The van der Waals surface area contributed by atoms with E-state index in [0.29, 0.717) is 6.54 Å². The molecule has 1 aromatic carbocycles. The molecule has 0 bridgehead atoms. The van der Waals surface area contributed by atoms with Crippen LogP contribution in [0.15, 0.2) is 6.07 Å². The Bertz CT molecular complexity index is 372. The highest BCUT2D eigenvalue weighted by Crippen LogP contribution is 2.33. The molecule has 0 aliphatic carbocycles. The van der Waals surface area contributed by atoms with Crippen LogP contribution in [0, 0.1) is 20.8 Å². The van der Waals surface area contributed by atoms with Gasteiger partial charge in [0.15, 0.2) is 0 Å². The van der Waals surface area contributed by atoms with Crippen LogP contribution in [-0.2, 0) is 4.79 Å². The van der Waals surface area contributed by atoms with Crippen molar-refractivity contribution in [1.82, 2.24) is 0 Å². The first-order valence-electron chi connectivity index (χ1n) is 4.94. The van der Waals surface area contributed by atoms with Crippen molar-refractivity contribution < 1.29 is 9.53 Å². The Morgan fingerprint density at radius 3 is 2.53 bits per heavy atom. The minimum absolute atomic E-state index is 0.305. The first-order valence-corrected chi connectivity index (χ1v) is 4.94. The van der Waals surface area contributed by atoms with E-state index in [9.17, 15) is 4.79 Å². The maximum absolute atomic E-state index is 10.3. The third-order valence-electron chi connectivity index (χ3n) is 2.55. The molecule has 82 valence electrons. The van der Waals surface area contributed by atoms with Crippen LogP contribution in [0.25, 0.3) is 0 Å². The molecule has 1 N–H and O–H groups in total. The smallest absolute Gasteiger partial charge is 0.145 e. The van der Waals surface area contributed by atoms with E-state index in [0.717, 1.165) is 28.8 Å². The molecule has 0 saturated carbocycles. The third kappa shape index (κ3) is 2.29. The van der Waals surface area contributed by atoms with Crippen molar-refractivity contribution in [3.63, 3.8) is 0 Å². The summed E-state index contributed by atoms with van der Waals surface area (Å²) < 4.78 is 5.36. The number of carbonyl (C=O) groups is 1. The molecule has 0 saturated heterocycles. The van der Waals surface area contributed by atoms with Gasteiger partial charge in [0.25, 0.3) is 0 Å². The van der Waals surface area contributed by atoms with Crippen LogP contribution >= 0.6 is 0 Å². The van der Waals surface area contributed by atoms with E-state index in [1.54, 1.807) is 7.11 Å². The highest BCUT2D eigenvalue weighted by Gasteiger charge is 2.11. The van der Waals surface area contributed by atoms with Crippen molar-refractivity contribution in [2.24, 2.45) is 0 Å². The molecule has 0 aliphatic rings. The van der Waals surface area contributed by atoms with Gasteiger partial charge in [-0.15, -0.1) is 0 Å². The van der Waals surface area contributed by atoms with Gasteiger partial charge < -0.3 is 14.8 Å². The molecule has 1 rings (SSSR count). The lowest BCUT2D eigenvalue weighted by Gasteiger charge is -2.16. The van der Waals surface area contributed by atoms with Crippen molar-refractivity contribution >= 4 is 12.0 Å². The summed E-state index contributed by atoms with van der Waals surface area (Å²) in [5.41, 5.74) is 4.31. The summed E-state index contributed by atoms with van der Waals surface area (Å²) in [6.45, 7) is 6.37. The number of ether oxygens (including phenoxy) is 1. The Balaban J connectivity index is 3.22. The van der Waals surface area contributed by atoms with Gasteiger partial charge >= 0.3 is 0 Å². The highest BCUT2D eigenvalue weighted by molar-refractivity contribution is 5.70. The second-order valence-electron chi connectivity index (χ2n) is 3.59. The number of aryl methyl sites for hydroxylation is 2. The first-order chi connectivity index (χ1) is 7.11. The molecule has 15 heavy (non-hydrogen) atoms. The SMILES string of the molecule is COc1c(C)c(C)cc(C)c1NCC=O. The van der Waals surface area contributed by atoms with E-state index < -0.39 is 0 Å². The van der Waals surface area contributed by atoms with Crippen molar-refractivity contribution in [3.05, 3.63) is 22.8 Å². The minimum atomic E-state index is 0.305.